The Labute approximate surface area is 141 Å². The van der Waals surface area contributed by atoms with Gasteiger partial charge in [-0.1, -0.05) is 22.0 Å². The average Bonchev–Trinajstić information content (AvgIpc) is 2.37. The summed E-state index contributed by atoms with van der Waals surface area (Å²) in [5.74, 6) is -1.31. The van der Waals surface area contributed by atoms with Crippen molar-refractivity contribution >= 4 is 33.7 Å². The minimum atomic E-state index is -1.34. The van der Waals surface area contributed by atoms with Gasteiger partial charge in [0.2, 0.25) is 0 Å². The van der Waals surface area contributed by atoms with E-state index >= 15 is 0 Å². The zero-order valence-corrected chi connectivity index (χ0v) is 14.4. The topological polar surface area (TPSA) is 119 Å². The molecule has 0 saturated carbocycles. The van der Waals surface area contributed by atoms with Crippen LogP contribution in [0, 0.1) is 10.1 Å². The fourth-order valence-electron chi connectivity index (χ4n) is 1.75. The summed E-state index contributed by atoms with van der Waals surface area (Å²) in [7, 11) is 0. The molecule has 8 nitrogen and oxygen atoms in total. The number of benzene rings is 1. The first-order chi connectivity index (χ1) is 10.5. The van der Waals surface area contributed by atoms with Crippen LogP contribution in [-0.2, 0) is 16.0 Å². The van der Waals surface area contributed by atoms with Gasteiger partial charge < -0.3 is 15.2 Å². The summed E-state index contributed by atoms with van der Waals surface area (Å²) in [5.41, 5.74) is -0.810. The van der Waals surface area contributed by atoms with Crippen molar-refractivity contribution in [3.8, 4) is 0 Å². The molecule has 2 N–H and O–H groups in total. The molecule has 0 aliphatic carbocycles. The van der Waals surface area contributed by atoms with Gasteiger partial charge in [-0.15, -0.1) is 0 Å². The lowest BCUT2D eigenvalue weighted by Crippen LogP contribution is -2.44. The van der Waals surface area contributed by atoms with E-state index < -0.39 is 28.6 Å². The first-order valence-corrected chi connectivity index (χ1v) is 7.44. The van der Waals surface area contributed by atoms with E-state index in [1.54, 1.807) is 26.8 Å². The Hall–Kier alpha value is -2.16. The molecule has 0 spiro atoms. The van der Waals surface area contributed by atoms with Gasteiger partial charge in [-0.25, -0.2) is 9.59 Å². The van der Waals surface area contributed by atoms with Crippen LogP contribution in [0.15, 0.2) is 22.7 Å². The number of nitrogens with zero attached hydrogens (tertiary/aromatic N) is 1. The van der Waals surface area contributed by atoms with Crippen molar-refractivity contribution in [3.05, 3.63) is 38.3 Å². The lowest BCUT2D eigenvalue weighted by Gasteiger charge is -2.22. The van der Waals surface area contributed by atoms with Gasteiger partial charge >= 0.3 is 12.1 Å². The van der Waals surface area contributed by atoms with Crippen molar-refractivity contribution in [2.75, 3.05) is 0 Å². The molecule has 1 aromatic rings. The summed E-state index contributed by atoms with van der Waals surface area (Å²) in [5, 5.41) is 22.5. The van der Waals surface area contributed by atoms with E-state index in [1.807, 2.05) is 0 Å². The van der Waals surface area contributed by atoms with Crippen LogP contribution in [0.4, 0.5) is 10.5 Å². The minimum Gasteiger partial charge on any atom is -0.480 e. The molecule has 1 unspecified atom stereocenters. The number of nitrogens with one attached hydrogen (secondary N) is 1. The summed E-state index contributed by atoms with van der Waals surface area (Å²) < 4.78 is 5.50. The Balaban J connectivity index is 2.95. The maximum absolute atomic E-state index is 11.7. The summed E-state index contributed by atoms with van der Waals surface area (Å²) in [6, 6.07) is 2.94. The highest BCUT2D eigenvalue weighted by Gasteiger charge is 2.27. The number of aliphatic carboxylic acids is 1. The number of ether oxygens (including phenoxy) is 1. The van der Waals surface area contributed by atoms with Crippen molar-refractivity contribution in [1.82, 2.24) is 5.32 Å². The lowest BCUT2D eigenvalue weighted by molar-refractivity contribution is -0.385. The molecule has 0 saturated heterocycles. The van der Waals surface area contributed by atoms with Crippen LogP contribution >= 0.6 is 15.9 Å². The first-order valence-electron chi connectivity index (χ1n) is 6.65. The van der Waals surface area contributed by atoms with E-state index in [9.17, 15) is 24.8 Å². The first kappa shape index (κ1) is 18.9. The molecule has 0 aliphatic heterocycles. The Bertz CT molecular complexity index is 626. The SMILES string of the molecule is CC(C)(C)OC(=O)NC(Cc1ccc(Br)cc1[N+](=O)[O-])C(=O)O. The number of rotatable bonds is 5. The highest BCUT2D eigenvalue weighted by Crippen LogP contribution is 2.24. The lowest BCUT2D eigenvalue weighted by atomic mass is 10.0. The van der Waals surface area contributed by atoms with Crippen molar-refractivity contribution in [1.29, 1.82) is 0 Å². The number of carboxylic acid groups (broad SMARTS) is 1. The van der Waals surface area contributed by atoms with E-state index in [-0.39, 0.29) is 17.7 Å². The number of hydrogen-bond acceptors (Lipinski definition) is 5. The maximum Gasteiger partial charge on any atom is 0.408 e. The Kier molecular flexibility index (Phi) is 6.08. The van der Waals surface area contributed by atoms with Gasteiger partial charge in [0.05, 0.1) is 4.92 Å². The highest BCUT2D eigenvalue weighted by atomic mass is 79.9. The second-order valence-electron chi connectivity index (χ2n) is 5.77. The molecule has 23 heavy (non-hydrogen) atoms. The fraction of sp³-hybridized carbons (Fsp3) is 0.429. The molecule has 0 aromatic heterocycles. The zero-order chi connectivity index (χ0) is 17.8. The Morgan fingerprint density at radius 2 is 2.04 bits per heavy atom. The maximum atomic E-state index is 11.7. The van der Waals surface area contributed by atoms with Gasteiger partial charge in [0.25, 0.3) is 5.69 Å². The van der Waals surface area contributed by atoms with Gasteiger partial charge in [-0.2, -0.15) is 0 Å². The van der Waals surface area contributed by atoms with Crippen LogP contribution in [0.25, 0.3) is 0 Å². The quantitative estimate of drug-likeness (QED) is 0.591. The number of carbonyl (C=O) groups excluding carboxylic acids is 1. The number of amides is 1. The molecule has 0 radical (unpaired) electrons. The summed E-state index contributed by atoms with van der Waals surface area (Å²) in [6.07, 6.45) is -1.14. The summed E-state index contributed by atoms with van der Waals surface area (Å²) in [4.78, 5) is 33.5. The highest BCUT2D eigenvalue weighted by molar-refractivity contribution is 9.10. The number of alkyl carbamates (subject to hydrolysis) is 1. The van der Waals surface area contributed by atoms with Crippen molar-refractivity contribution in [2.24, 2.45) is 0 Å². The molecule has 1 amide bonds. The molecule has 0 heterocycles. The van der Waals surface area contributed by atoms with Gasteiger partial charge in [0.15, 0.2) is 0 Å². The van der Waals surface area contributed by atoms with E-state index in [1.165, 1.54) is 12.1 Å². The third-order valence-electron chi connectivity index (χ3n) is 2.66. The molecule has 1 atom stereocenters. The van der Waals surface area contributed by atoms with Crippen molar-refractivity contribution in [3.63, 3.8) is 0 Å². The second-order valence-corrected chi connectivity index (χ2v) is 6.69. The molecular weight excluding hydrogens is 372 g/mol. The predicted molar refractivity (Wildman–Crippen MR) is 85.3 cm³/mol. The van der Waals surface area contributed by atoms with Crippen LogP contribution in [0.3, 0.4) is 0 Å². The van der Waals surface area contributed by atoms with Gasteiger partial charge in [0, 0.05) is 22.5 Å². The summed E-state index contributed by atoms with van der Waals surface area (Å²) in [6.45, 7) is 4.92. The molecule has 0 bridgehead atoms. The monoisotopic (exact) mass is 388 g/mol. The third kappa shape index (κ3) is 6.23. The van der Waals surface area contributed by atoms with Gasteiger partial charge in [-0.3, -0.25) is 10.1 Å². The third-order valence-corrected chi connectivity index (χ3v) is 3.15. The molecule has 1 aromatic carbocycles. The van der Waals surface area contributed by atoms with Crippen LogP contribution in [-0.4, -0.2) is 33.7 Å². The molecular formula is C14H17BrN2O6. The predicted octanol–water partition coefficient (Wildman–Crippen LogP) is 2.88. The molecule has 9 heteroatoms. The molecule has 0 fully saturated rings. The van der Waals surface area contributed by atoms with Crippen molar-refractivity contribution in [2.45, 2.75) is 38.8 Å². The van der Waals surface area contributed by atoms with E-state index in [4.69, 9.17) is 4.74 Å². The Morgan fingerprint density at radius 3 is 2.52 bits per heavy atom. The molecule has 0 aliphatic rings. The van der Waals surface area contributed by atoms with Crippen LogP contribution in [0.5, 0.6) is 0 Å². The number of halogens is 1. The van der Waals surface area contributed by atoms with Crippen LogP contribution in [0.2, 0.25) is 0 Å². The number of nitro benzene ring substituents is 1. The van der Waals surface area contributed by atoms with E-state index in [0.717, 1.165) is 0 Å². The number of hydrogen-bond donors (Lipinski definition) is 2. The van der Waals surface area contributed by atoms with Crippen molar-refractivity contribution < 1.29 is 24.4 Å². The standard InChI is InChI=1S/C14H17BrN2O6/c1-14(2,3)23-13(20)16-10(12(18)19)6-8-4-5-9(15)7-11(8)17(21)22/h4-5,7,10H,6H2,1-3H3,(H,16,20)(H,18,19). The average molecular weight is 389 g/mol. The largest absolute Gasteiger partial charge is 0.480 e. The van der Waals surface area contributed by atoms with Crippen LogP contribution in [0.1, 0.15) is 26.3 Å². The van der Waals surface area contributed by atoms with Crippen LogP contribution < -0.4 is 5.32 Å². The second kappa shape index (κ2) is 7.40. The number of nitro groups is 1. The normalized spacial score (nSPS) is 12.3. The Morgan fingerprint density at radius 1 is 1.43 bits per heavy atom. The minimum absolute atomic E-state index is 0.196. The zero-order valence-electron chi connectivity index (χ0n) is 12.8. The van der Waals surface area contributed by atoms with Gasteiger partial charge in [0.1, 0.15) is 11.6 Å². The number of carbonyl (C=O) groups is 2. The smallest absolute Gasteiger partial charge is 0.408 e. The fourth-order valence-corrected chi connectivity index (χ4v) is 2.10. The number of carboxylic acids is 1. The van der Waals surface area contributed by atoms with E-state index in [2.05, 4.69) is 21.2 Å². The van der Waals surface area contributed by atoms with Gasteiger partial charge in [-0.05, 0) is 26.8 Å². The molecule has 1 rings (SSSR count). The molecule has 126 valence electrons. The summed E-state index contributed by atoms with van der Waals surface area (Å²) >= 11 is 3.12. The van der Waals surface area contributed by atoms with E-state index in [0.29, 0.717) is 4.47 Å².